The molecule has 2 rings (SSSR count). The Morgan fingerprint density at radius 2 is 2.06 bits per heavy atom. The van der Waals surface area contributed by atoms with E-state index in [9.17, 15) is 0 Å². The molecule has 0 saturated carbocycles. The van der Waals surface area contributed by atoms with E-state index in [2.05, 4.69) is 54.4 Å². The molecule has 1 aromatic rings. The number of piperidine rings is 1. The van der Waals surface area contributed by atoms with Crippen molar-refractivity contribution in [3.05, 3.63) is 35.9 Å². The van der Waals surface area contributed by atoms with E-state index in [-0.39, 0.29) is 0 Å². The van der Waals surface area contributed by atoms with Crippen LogP contribution in [0.15, 0.2) is 30.3 Å². The molecule has 1 aliphatic rings. The van der Waals surface area contributed by atoms with Crippen molar-refractivity contribution < 1.29 is 0 Å². The molecule has 2 nitrogen and oxygen atoms in total. The van der Waals surface area contributed by atoms with Crippen LogP contribution in [0.1, 0.15) is 32.3 Å². The zero-order valence-electron chi connectivity index (χ0n) is 11.8. The number of hydrogen-bond donors (Lipinski definition) is 1. The van der Waals surface area contributed by atoms with Gasteiger partial charge in [0.2, 0.25) is 0 Å². The molecule has 1 aromatic carbocycles. The van der Waals surface area contributed by atoms with Crippen LogP contribution in [-0.2, 0) is 6.54 Å². The van der Waals surface area contributed by atoms with Gasteiger partial charge in [0.1, 0.15) is 0 Å². The molecule has 100 valence electrons. The van der Waals surface area contributed by atoms with Gasteiger partial charge in [0.25, 0.3) is 0 Å². The van der Waals surface area contributed by atoms with Crippen LogP contribution in [0.5, 0.6) is 0 Å². The van der Waals surface area contributed by atoms with E-state index in [4.69, 9.17) is 0 Å². The fourth-order valence-electron chi connectivity index (χ4n) is 2.91. The van der Waals surface area contributed by atoms with Crippen LogP contribution in [0.25, 0.3) is 0 Å². The predicted molar refractivity (Wildman–Crippen MR) is 77.6 cm³/mol. The van der Waals surface area contributed by atoms with Gasteiger partial charge in [0.05, 0.1) is 0 Å². The summed E-state index contributed by atoms with van der Waals surface area (Å²) in [6.45, 7) is 10.5. The van der Waals surface area contributed by atoms with Crippen molar-refractivity contribution in [3.63, 3.8) is 0 Å². The first-order valence-electron chi connectivity index (χ1n) is 7.19. The quantitative estimate of drug-likeness (QED) is 0.859. The van der Waals surface area contributed by atoms with Crippen molar-refractivity contribution in [3.8, 4) is 0 Å². The monoisotopic (exact) mass is 246 g/mol. The van der Waals surface area contributed by atoms with Crippen molar-refractivity contribution in [2.45, 2.75) is 33.2 Å². The summed E-state index contributed by atoms with van der Waals surface area (Å²) < 4.78 is 0. The Bertz CT molecular complexity index is 341. The molecule has 0 radical (unpaired) electrons. The van der Waals surface area contributed by atoms with Gasteiger partial charge < -0.3 is 5.32 Å². The van der Waals surface area contributed by atoms with Gasteiger partial charge in [-0.1, -0.05) is 44.2 Å². The second-order valence-electron chi connectivity index (χ2n) is 5.88. The molecule has 1 aliphatic heterocycles. The van der Waals surface area contributed by atoms with E-state index < -0.39 is 0 Å². The highest BCUT2D eigenvalue weighted by atomic mass is 15.1. The first-order chi connectivity index (χ1) is 8.72. The maximum Gasteiger partial charge on any atom is 0.0233 e. The Kier molecular flexibility index (Phi) is 4.79. The zero-order chi connectivity index (χ0) is 12.8. The van der Waals surface area contributed by atoms with Crippen molar-refractivity contribution in [2.75, 3.05) is 26.2 Å². The second-order valence-corrected chi connectivity index (χ2v) is 5.88. The van der Waals surface area contributed by atoms with E-state index in [0.717, 1.165) is 19.6 Å². The van der Waals surface area contributed by atoms with Gasteiger partial charge in [-0.25, -0.2) is 0 Å². The molecule has 0 amide bonds. The van der Waals surface area contributed by atoms with E-state index in [0.29, 0.717) is 5.41 Å². The minimum Gasteiger partial charge on any atom is -0.316 e. The predicted octanol–water partition coefficient (Wildman–Crippen LogP) is 2.90. The zero-order valence-corrected chi connectivity index (χ0v) is 11.8. The minimum absolute atomic E-state index is 0.447. The molecular formula is C16H26N2. The van der Waals surface area contributed by atoms with Gasteiger partial charge in [0.15, 0.2) is 0 Å². The Morgan fingerprint density at radius 3 is 2.67 bits per heavy atom. The third-order valence-electron chi connectivity index (χ3n) is 3.99. The maximum atomic E-state index is 3.54. The lowest BCUT2D eigenvalue weighted by atomic mass is 9.82. The highest BCUT2D eigenvalue weighted by molar-refractivity contribution is 5.14. The van der Waals surface area contributed by atoms with Gasteiger partial charge in [-0.2, -0.15) is 0 Å². The van der Waals surface area contributed by atoms with Crippen molar-refractivity contribution in [2.24, 2.45) is 5.41 Å². The summed E-state index contributed by atoms with van der Waals surface area (Å²) in [6, 6.07) is 10.8. The number of nitrogens with zero attached hydrogens (tertiary/aromatic N) is 1. The highest BCUT2D eigenvalue weighted by Crippen LogP contribution is 2.27. The average Bonchev–Trinajstić information content (AvgIpc) is 2.40. The van der Waals surface area contributed by atoms with E-state index >= 15 is 0 Å². The van der Waals surface area contributed by atoms with Crippen molar-refractivity contribution in [1.82, 2.24) is 10.2 Å². The molecule has 0 bridgehead atoms. The third kappa shape index (κ3) is 3.82. The molecule has 1 N–H and O–H groups in total. The van der Waals surface area contributed by atoms with Crippen LogP contribution < -0.4 is 5.32 Å². The SMILES string of the molecule is CCN(Cc1ccccc1)CC1(C)CCCNC1. The number of benzene rings is 1. The largest absolute Gasteiger partial charge is 0.316 e. The first kappa shape index (κ1) is 13.6. The Morgan fingerprint density at radius 1 is 1.28 bits per heavy atom. The van der Waals surface area contributed by atoms with Gasteiger partial charge in [-0.3, -0.25) is 4.90 Å². The van der Waals surface area contributed by atoms with Crippen molar-refractivity contribution in [1.29, 1.82) is 0 Å². The molecule has 0 aromatic heterocycles. The Balaban J connectivity index is 1.92. The number of rotatable bonds is 5. The highest BCUT2D eigenvalue weighted by Gasteiger charge is 2.28. The standard InChI is InChI=1S/C16H26N2/c1-3-18(12-15-8-5-4-6-9-15)14-16(2)10-7-11-17-13-16/h4-6,8-9,17H,3,7,10-14H2,1-2H3. The fourth-order valence-corrected chi connectivity index (χ4v) is 2.91. The smallest absolute Gasteiger partial charge is 0.0233 e. The lowest BCUT2D eigenvalue weighted by Crippen LogP contribution is -2.45. The third-order valence-corrected chi connectivity index (χ3v) is 3.99. The molecule has 1 saturated heterocycles. The van der Waals surface area contributed by atoms with Gasteiger partial charge >= 0.3 is 0 Å². The molecule has 1 fully saturated rings. The van der Waals surface area contributed by atoms with Crippen LogP contribution >= 0.6 is 0 Å². The molecule has 18 heavy (non-hydrogen) atoms. The first-order valence-corrected chi connectivity index (χ1v) is 7.19. The minimum atomic E-state index is 0.447. The lowest BCUT2D eigenvalue weighted by molar-refractivity contribution is 0.132. The number of hydrogen-bond acceptors (Lipinski definition) is 2. The summed E-state index contributed by atoms with van der Waals surface area (Å²) in [5.74, 6) is 0. The van der Waals surface area contributed by atoms with E-state index in [1.54, 1.807) is 0 Å². The normalized spacial score (nSPS) is 24.4. The lowest BCUT2D eigenvalue weighted by Gasteiger charge is -2.38. The summed E-state index contributed by atoms with van der Waals surface area (Å²) >= 11 is 0. The number of nitrogens with one attached hydrogen (secondary N) is 1. The van der Waals surface area contributed by atoms with Crippen LogP contribution in [0.4, 0.5) is 0 Å². The summed E-state index contributed by atoms with van der Waals surface area (Å²) in [5, 5.41) is 3.54. The summed E-state index contributed by atoms with van der Waals surface area (Å²) in [6.07, 6.45) is 2.67. The molecule has 0 spiro atoms. The molecule has 1 heterocycles. The Labute approximate surface area is 111 Å². The molecule has 1 atom stereocenters. The second kappa shape index (κ2) is 6.35. The molecule has 2 heteroatoms. The van der Waals surface area contributed by atoms with E-state index in [1.807, 2.05) is 0 Å². The van der Waals surface area contributed by atoms with Gasteiger partial charge in [-0.15, -0.1) is 0 Å². The average molecular weight is 246 g/mol. The summed E-state index contributed by atoms with van der Waals surface area (Å²) in [5.41, 5.74) is 1.87. The fraction of sp³-hybridized carbons (Fsp3) is 0.625. The van der Waals surface area contributed by atoms with Crippen LogP contribution in [0.3, 0.4) is 0 Å². The van der Waals surface area contributed by atoms with Gasteiger partial charge in [0, 0.05) is 19.6 Å². The van der Waals surface area contributed by atoms with Crippen LogP contribution in [0, 0.1) is 5.41 Å². The molecule has 0 aliphatic carbocycles. The summed E-state index contributed by atoms with van der Waals surface area (Å²) in [7, 11) is 0. The molecular weight excluding hydrogens is 220 g/mol. The van der Waals surface area contributed by atoms with Crippen LogP contribution in [0.2, 0.25) is 0 Å². The van der Waals surface area contributed by atoms with Gasteiger partial charge in [-0.05, 0) is 36.9 Å². The Hall–Kier alpha value is -0.860. The van der Waals surface area contributed by atoms with Crippen molar-refractivity contribution >= 4 is 0 Å². The van der Waals surface area contributed by atoms with Crippen LogP contribution in [-0.4, -0.2) is 31.1 Å². The topological polar surface area (TPSA) is 15.3 Å². The maximum absolute atomic E-state index is 3.54. The van der Waals surface area contributed by atoms with E-state index in [1.165, 1.54) is 31.5 Å². The molecule has 1 unspecified atom stereocenters. The summed E-state index contributed by atoms with van der Waals surface area (Å²) in [4.78, 5) is 2.57.